The summed E-state index contributed by atoms with van der Waals surface area (Å²) in [5.74, 6) is 0. The third-order valence-electron chi connectivity index (χ3n) is 10.1. The Morgan fingerprint density at radius 1 is 0.302 bits per heavy atom. The average molecular weight is 695 g/mol. The van der Waals surface area contributed by atoms with E-state index in [2.05, 4.69) is 180 Å². The van der Waals surface area contributed by atoms with Gasteiger partial charge in [-0.05, 0) is 70.8 Å². The summed E-state index contributed by atoms with van der Waals surface area (Å²) >= 11 is 0. The molecule has 9 rings (SSSR count). The lowest BCUT2D eigenvalue weighted by Crippen LogP contribution is -1.98. The van der Waals surface area contributed by atoms with Crippen molar-refractivity contribution in [3.8, 4) is 0 Å². The van der Waals surface area contributed by atoms with Crippen molar-refractivity contribution in [1.82, 2.24) is 19.9 Å². The first-order valence-electron chi connectivity index (χ1n) is 18.0. The second kappa shape index (κ2) is 15.5. The number of fused-ring (bicyclic) bond motifs is 8. The van der Waals surface area contributed by atoms with Gasteiger partial charge in [-0.2, -0.15) is 0 Å². The molecule has 0 spiro atoms. The van der Waals surface area contributed by atoms with E-state index in [4.69, 9.17) is 9.97 Å². The van der Waals surface area contributed by atoms with Crippen molar-refractivity contribution in [2.75, 3.05) is 0 Å². The molecule has 2 aliphatic heterocycles. The van der Waals surface area contributed by atoms with Gasteiger partial charge >= 0.3 is 0 Å². The van der Waals surface area contributed by atoms with Crippen molar-refractivity contribution < 1.29 is 0 Å². The van der Waals surface area contributed by atoms with E-state index in [0.717, 1.165) is 87.2 Å². The molecular formula is C48H38MgN4. The van der Waals surface area contributed by atoms with Crippen LogP contribution in [0.25, 0.3) is 46.4 Å². The van der Waals surface area contributed by atoms with Crippen LogP contribution in [0.4, 0.5) is 0 Å². The standard InChI is InChI=1S/C48H38N4.Mg/c1-5-13-33(14-6-1)29-37-41-21-23-43(49-41)38(30-34-15-7-2-8-16-34)45-25-27-47(51-45)40(32-36-19-11-4-12-20-36)48-28-26-46(52-48)39(44-24-22-42(37)50-44)31-35-17-9-3-10-18-35;/h1-28,49-50H,29-32H2;. The molecule has 5 heterocycles. The third kappa shape index (κ3) is 7.45. The van der Waals surface area contributed by atoms with Crippen molar-refractivity contribution in [2.45, 2.75) is 25.7 Å². The van der Waals surface area contributed by atoms with Gasteiger partial charge in [-0.1, -0.05) is 121 Å². The fraction of sp³-hybridized carbons (Fsp3) is 0.0833. The molecule has 4 aromatic carbocycles. The van der Waals surface area contributed by atoms with Crippen molar-refractivity contribution in [3.63, 3.8) is 0 Å². The highest BCUT2D eigenvalue weighted by Gasteiger charge is 2.18. The molecule has 2 N–H and O–H groups in total. The van der Waals surface area contributed by atoms with Crippen LogP contribution in [0.15, 0.2) is 146 Å². The van der Waals surface area contributed by atoms with Gasteiger partial charge < -0.3 is 9.97 Å². The monoisotopic (exact) mass is 694 g/mol. The van der Waals surface area contributed by atoms with Gasteiger partial charge in [0.25, 0.3) is 0 Å². The number of benzene rings is 4. The number of nitrogens with one attached hydrogen (secondary N) is 2. The maximum atomic E-state index is 5.39. The van der Waals surface area contributed by atoms with Gasteiger partial charge in [-0.3, -0.25) is 0 Å². The summed E-state index contributed by atoms with van der Waals surface area (Å²) in [7, 11) is 0. The van der Waals surface area contributed by atoms with Crippen LogP contribution < -0.4 is 0 Å². The van der Waals surface area contributed by atoms with Gasteiger partial charge in [0, 0.05) is 93.1 Å². The first kappa shape index (κ1) is 34.3. The van der Waals surface area contributed by atoms with Crippen LogP contribution >= 0.6 is 0 Å². The molecule has 0 atom stereocenters. The molecule has 4 nitrogen and oxygen atoms in total. The molecule has 252 valence electrons. The summed E-state index contributed by atoms with van der Waals surface area (Å²) in [5, 5.41) is 0. The van der Waals surface area contributed by atoms with Crippen LogP contribution in [0, 0.1) is 0 Å². The number of aromatic nitrogens is 4. The van der Waals surface area contributed by atoms with E-state index in [1.807, 2.05) is 0 Å². The van der Waals surface area contributed by atoms with E-state index < -0.39 is 0 Å². The lowest BCUT2D eigenvalue weighted by Gasteiger charge is -2.07. The summed E-state index contributed by atoms with van der Waals surface area (Å²) in [5.41, 5.74) is 17.8. The van der Waals surface area contributed by atoms with E-state index in [-0.39, 0.29) is 23.1 Å². The van der Waals surface area contributed by atoms with Gasteiger partial charge in [0.15, 0.2) is 0 Å². The largest absolute Gasteiger partial charge is 0.355 e. The molecular weight excluding hydrogens is 657 g/mol. The zero-order chi connectivity index (χ0) is 34.7. The van der Waals surface area contributed by atoms with Crippen LogP contribution in [0.1, 0.15) is 67.3 Å². The minimum atomic E-state index is 0. The lowest BCUT2D eigenvalue weighted by atomic mass is 10.0. The summed E-state index contributed by atoms with van der Waals surface area (Å²) < 4.78 is 0. The van der Waals surface area contributed by atoms with Gasteiger partial charge in [0.05, 0.1) is 22.8 Å². The minimum absolute atomic E-state index is 0. The topological polar surface area (TPSA) is 57.4 Å². The Hall–Kier alpha value is -5.75. The Morgan fingerprint density at radius 2 is 0.566 bits per heavy atom. The Balaban J connectivity index is 0.00000400. The van der Waals surface area contributed by atoms with Crippen LogP contribution in [-0.4, -0.2) is 43.0 Å². The highest BCUT2D eigenvalue weighted by molar-refractivity contribution is 5.84. The summed E-state index contributed by atoms with van der Waals surface area (Å²) in [4.78, 5) is 18.5. The number of rotatable bonds is 8. The van der Waals surface area contributed by atoms with Crippen LogP contribution in [0.2, 0.25) is 0 Å². The molecule has 5 heteroatoms. The maximum absolute atomic E-state index is 5.39. The zero-order valence-corrected chi connectivity index (χ0v) is 31.0. The SMILES string of the molecule is C1=Cc2nc1c(Cc1ccccc1)c1nc(c(Cc3ccccc3)c3ccc([nH]3)c(Cc3ccccc3)c3ccc([nH]3)c2Cc2ccccc2)C=C1.[Mg]. The molecule has 0 fully saturated rings. The molecule has 0 aliphatic carbocycles. The third-order valence-corrected chi connectivity index (χ3v) is 10.1. The van der Waals surface area contributed by atoms with E-state index in [9.17, 15) is 0 Å². The number of hydrogen-bond donors (Lipinski definition) is 2. The Labute approximate surface area is 326 Å². The van der Waals surface area contributed by atoms with E-state index >= 15 is 0 Å². The predicted molar refractivity (Wildman–Crippen MR) is 222 cm³/mol. The second-order valence-electron chi connectivity index (χ2n) is 13.6. The Bertz CT molecular complexity index is 2460. The summed E-state index contributed by atoms with van der Waals surface area (Å²) in [6, 6.07) is 51.6. The highest BCUT2D eigenvalue weighted by Crippen LogP contribution is 2.30. The van der Waals surface area contributed by atoms with Gasteiger partial charge in [-0.25, -0.2) is 9.97 Å². The van der Waals surface area contributed by atoms with Crippen LogP contribution in [0.3, 0.4) is 0 Å². The van der Waals surface area contributed by atoms with E-state index in [0.29, 0.717) is 0 Å². The fourth-order valence-electron chi connectivity index (χ4n) is 7.39. The predicted octanol–water partition coefficient (Wildman–Crippen LogP) is 10.6. The first-order chi connectivity index (χ1) is 25.7. The van der Waals surface area contributed by atoms with Crippen LogP contribution in [-0.2, 0) is 25.7 Å². The molecule has 8 bridgehead atoms. The van der Waals surface area contributed by atoms with Gasteiger partial charge in [-0.15, -0.1) is 0 Å². The molecule has 0 amide bonds. The zero-order valence-electron chi connectivity index (χ0n) is 29.6. The number of hydrogen-bond acceptors (Lipinski definition) is 2. The van der Waals surface area contributed by atoms with E-state index in [1.54, 1.807) is 0 Å². The lowest BCUT2D eigenvalue weighted by molar-refractivity contribution is 1.09. The molecule has 2 radical (unpaired) electrons. The quantitative estimate of drug-likeness (QED) is 0.156. The van der Waals surface area contributed by atoms with Gasteiger partial charge in [0.2, 0.25) is 0 Å². The molecule has 3 aromatic heterocycles. The molecule has 53 heavy (non-hydrogen) atoms. The van der Waals surface area contributed by atoms with Crippen molar-refractivity contribution in [1.29, 1.82) is 0 Å². The fourth-order valence-corrected chi connectivity index (χ4v) is 7.39. The smallest absolute Gasteiger partial charge is 0.0694 e. The summed E-state index contributed by atoms with van der Waals surface area (Å²) in [6.45, 7) is 0. The van der Waals surface area contributed by atoms with Crippen molar-refractivity contribution in [3.05, 3.63) is 213 Å². The van der Waals surface area contributed by atoms with Crippen LogP contribution in [0.5, 0.6) is 0 Å². The molecule has 0 saturated heterocycles. The highest BCUT2D eigenvalue weighted by atomic mass is 24.3. The average Bonchev–Trinajstić information content (AvgIpc) is 4.04. The molecule has 7 aromatic rings. The van der Waals surface area contributed by atoms with Crippen molar-refractivity contribution >= 4 is 69.4 Å². The number of H-pyrrole nitrogens is 2. The normalized spacial score (nSPS) is 11.8. The van der Waals surface area contributed by atoms with Gasteiger partial charge in [0.1, 0.15) is 0 Å². The summed E-state index contributed by atoms with van der Waals surface area (Å²) in [6.07, 6.45) is 11.7. The Morgan fingerprint density at radius 3 is 0.906 bits per heavy atom. The second-order valence-corrected chi connectivity index (χ2v) is 13.6. The molecule has 0 unspecified atom stereocenters. The molecule has 2 aliphatic rings. The number of aromatic amines is 2. The molecule has 0 saturated carbocycles. The number of nitrogens with zero attached hydrogens (tertiary/aromatic N) is 2. The van der Waals surface area contributed by atoms with E-state index in [1.165, 1.54) is 27.8 Å². The minimum Gasteiger partial charge on any atom is -0.355 e. The Kier molecular flexibility index (Phi) is 10.0. The maximum Gasteiger partial charge on any atom is 0.0694 e. The van der Waals surface area contributed by atoms with Crippen molar-refractivity contribution in [2.24, 2.45) is 0 Å². The first-order valence-corrected chi connectivity index (χ1v) is 18.0.